The molecule has 0 saturated heterocycles. The molecule has 0 amide bonds. The van der Waals surface area contributed by atoms with Gasteiger partial charge in [0.2, 0.25) is 5.75 Å². The molecule has 0 aliphatic carbocycles. The lowest BCUT2D eigenvalue weighted by atomic mass is 10.0. The molecule has 0 aromatic heterocycles. The molecule has 2 aromatic carbocycles. The molecule has 0 saturated carbocycles. The molecule has 0 atom stereocenters. The van der Waals surface area contributed by atoms with Crippen LogP contribution in [0.25, 0.3) is 0 Å². The summed E-state index contributed by atoms with van der Waals surface area (Å²) in [4.78, 5) is 12.3. The number of ketones is 1. The summed E-state index contributed by atoms with van der Waals surface area (Å²) in [6.45, 7) is 0. The van der Waals surface area contributed by atoms with Gasteiger partial charge in [0.1, 0.15) is 0 Å². The largest absolute Gasteiger partial charge is 0.504 e. The molecule has 4 heteroatoms. The van der Waals surface area contributed by atoms with Crippen LogP contribution in [0, 0.1) is 0 Å². The van der Waals surface area contributed by atoms with Crippen molar-refractivity contribution in [3.63, 3.8) is 0 Å². The smallest absolute Gasteiger partial charge is 0.203 e. The second-order valence-corrected chi connectivity index (χ2v) is 3.89. The molecule has 1 N–H and O–H groups in total. The normalized spacial score (nSPS) is 10.0. The standard InChI is InChI=1S/C15H14O4/c1-18-12-9-8-11(14(17)15(12)19-2)13(16)10-6-4-3-5-7-10/h3-9,17H,1-2H3. The van der Waals surface area contributed by atoms with Gasteiger partial charge in [-0.25, -0.2) is 0 Å². The first-order chi connectivity index (χ1) is 9.19. The number of aromatic hydroxyl groups is 1. The Morgan fingerprint density at radius 3 is 2.26 bits per heavy atom. The minimum Gasteiger partial charge on any atom is -0.504 e. The van der Waals surface area contributed by atoms with E-state index in [1.165, 1.54) is 20.3 Å². The Labute approximate surface area is 111 Å². The number of methoxy groups -OCH3 is 2. The Bertz CT molecular complexity index is 591. The summed E-state index contributed by atoms with van der Waals surface area (Å²) < 4.78 is 10.1. The Hall–Kier alpha value is -2.49. The van der Waals surface area contributed by atoms with Crippen molar-refractivity contribution in [1.82, 2.24) is 0 Å². The summed E-state index contributed by atoms with van der Waals surface area (Å²) in [6.07, 6.45) is 0. The predicted octanol–water partition coefficient (Wildman–Crippen LogP) is 2.64. The number of phenolic OH excluding ortho intramolecular Hbond substituents is 1. The van der Waals surface area contributed by atoms with E-state index in [9.17, 15) is 9.90 Å². The third kappa shape index (κ3) is 2.38. The van der Waals surface area contributed by atoms with E-state index in [-0.39, 0.29) is 22.8 Å². The molecule has 2 rings (SSSR count). The van der Waals surface area contributed by atoms with Crippen LogP contribution in [-0.4, -0.2) is 25.1 Å². The molecule has 0 radical (unpaired) electrons. The molecule has 0 heterocycles. The fourth-order valence-corrected chi connectivity index (χ4v) is 1.84. The first-order valence-electron chi connectivity index (χ1n) is 5.72. The fraction of sp³-hybridized carbons (Fsp3) is 0.133. The van der Waals surface area contributed by atoms with E-state index in [2.05, 4.69) is 0 Å². The lowest BCUT2D eigenvalue weighted by Crippen LogP contribution is -2.03. The van der Waals surface area contributed by atoms with Crippen molar-refractivity contribution < 1.29 is 19.4 Å². The van der Waals surface area contributed by atoms with E-state index in [0.29, 0.717) is 11.3 Å². The third-order valence-corrected chi connectivity index (χ3v) is 2.80. The average molecular weight is 258 g/mol. The molecule has 0 bridgehead atoms. The first kappa shape index (κ1) is 13.0. The molecule has 0 aliphatic rings. The van der Waals surface area contributed by atoms with Gasteiger partial charge in [-0.3, -0.25) is 4.79 Å². The highest BCUT2D eigenvalue weighted by Crippen LogP contribution is 2.39. The lowest BCUT2D eigenvalue weighted by molar-refractivity contribution is 0.103. The molecule has 0 fully saturated rings. The number of benzene rings is 2. The van der Waals surface area contributed by atoms with Crippen LogP contribution in [0.15, 0.2) is 42.5 Å². The SMILES string of the molecule is COc1ccc(C(=O)c2ccccc2)c(O)c1OC. The number of phenols is 1. The van der Waals surface area contributed by atoms with Crippen molar-refractivity contribution in [3.8, 4) is 17.2 Å². The van der Waals surface area contributed by atoms with E-state index in [0.717, 1.165) is 0 Å². The number of carbonyl (C=O) groups excluding carboxylic acids is 1. The van der Waals surface area contributed by atoms with E-state index >= 15 is 0 Å². The quantitative estimate of drug-likeness (QED) is 0.856. The zero-order valence-electron chi connectivity index (χ0n) is 10.7. The van der Waals surface area contributed by atoms with Crippen molar-refractivity contribution >= 4 is 5.78 Å². The molecule has 0 aliphatic heterocycles. The number of hydrogen-bond donors (Lipinski definition) is 1. The zero-order valence-corrected chi connectivity index (χ0v) is 10.7. The second kappa shape index (κ2) is 5.44. The van der Waals surface area contributed by atoms with Crippen LogP contribution >= 0.6 is 0 Å². The summed E-state index contributed by atoms with van der Waals surface area (Å²) in [7, 11) is 2.88. The van der Waals surface area contributed by atoms with Crippen molar-refractivity contribution in [1.29, 1.82) is 0 Å². The van der Waals surface area contributed by atoms with Gasteiger partial charge in [0, 0.05) is 5.56 Å². The number of rotatable bonds is 4. The highest BCUT2D eigenvalue weighted by molar-refractivity contribution is 6.11. The van der Waals surface area contributed by atoms with Crippen LogP contribution in [0.1, 0.15) is 15.9 Å². The van der Waals surface area contributed by atoms with Crippen molar-refractivity contribution in [2.45, 2.75) is 0 Å². The Kier molecular flexibility index (Phi) is 3.71. The third-order valence-electron chi connectivity index (χ3n) is 2.80. The van der Waals surface area contributed by atoms with Crippen LogP contribution in [0.4, 0.5) is 0 Å². The maximum Gasteiger partial charge on any atom is 0.203 e. The molecular weight excluding hydrogens is 244 g/mol. The van der Waals surface area contributed by atoms with Crippen molar-refractivity contribution in [3.05, 3.63) is 53.6 Å². The van der Waals surface area contributed by atoms with Gasteiger partial charge >= 0.3 is 0 Å². The maximum atomic E-state index is 12.3. The van der Waals surface area contributed by atoms with E-state index < -0.39 is 0 Å². The van der Waals surface area contributed by atoms with Crippen LogP contribution in [0.5, 0.6) is 17.2 Å². The monoisotopic (exact) mass is 258 g/mol. The van der Waals surface area contributed by atoms with Crippen LogP contribution in [0.3, 0.4) is 0 Å². The Morgan fingerprint density at radius 2 is 1.68 bits per heavy atom. The summed E-state index contributed by atoms with van der Waals surface area (Å²) in [5.41, 5.74) is 0.689. The molecule has 98 valence electrons. The first-order valence-corrected chi connectivity index (χ1v) is 5.72. The Morgan fingerprint density at radius 1 is 1.00 bits per heavy atom. The molecule has 2 aromatic rings. The fourth-order valence-electron chi connectivity index (χ4n) is 1.84. The zero-order chi connectivity index (χ0) is 13.8. The van der Waals surface area contributed by atoms with E-state index in [1.807, 2.05) is 6.07 Å². The molecule has 4 nitrogen and oxygen atoms in total. The molecule has 0 spiro atoms. The number of hydrogen-bond acceptors (Lipinski definition) is 4. The van der Waals surface area contributed by atoms with Gasteiger partial charge in [0.15, 0.2) is 17.3 Å². The predicted molar refractivity (Wildman–Crippen MR) is 71.1 cm³/mol. The van der Waals surface area contributed by atoms with E-state index in [4.69, 9.17) is 9.47 Å². The summed E-state index contributed by atoms with van der Waals surface area (Å²) in [6, 6.07) is 11.9. The minimum absolute atomic E-state index is 0.157. The maximum absolute atomic E-state index is 12.3. The topological polar surface area (TPSA) is 55.8 Å². The van der Waals surface area contributed by atoms with Crippen LogP contribution < -0.4 is 9.47 Å². The van der Waals surface area contributed by atoms with Crippen molar-refractivity contribution in [2.24, 2.45) is 0 Å². The number of ether oxygens (including phenoxy) is 2. The molecular formula is C15H14O4. The highest BCUT2D eigenvalue weighted by atomic mass is 16.5. The van der Waals surface area contributed by atoms with E-state index in [1.54, 1.807) is 30.3 Å². The van der Waals surface area contributed by atoms with Crippen molar-refractivity contribution in [2.75, 3.05) is 14.2 Å². The van der Waals surface area contributed by atoms with Gasteiger partial charge in [0.25, 0.3) is 0 Å². The Balaban J connectivity index is 2.49. The average Bonchev–Trinajstić information content (AvgIpc) is 2.47. The second-order valence-electron chi connectivity index (χ2n) is 3.89. The van der Waals surface area contributed by atoms with Gasteiger partial charge in [-0.2, -0.15) is 0 Å². The van der Waals surface area contributed by atoms with Gasteiger partial charge in [0.05, 0.1) is 19.8 Å². The molecule has 19 heavy (non-hydrogen) atoms. The summed E-state index contributed by atoms with van der Waals surface area (Å²) in [5.74, 6) is 0.0589. The van der Waals surface area contributed by atoms with Gasteiger partial charge in [-0.15, -0.1) is 0 Å². The van der Waals surface area contributed by atoms with Crippen LogP contribution in [-0.2, 0) is 0 Å². The van der Waals surface area contributed by atoms with Gasteiger partial charge in [-0.05, 0) is 12.1 Å². The summed E-state index contributed by atoms with van der Waals surface area (Å²) >= 11 is 0. The van der Waals surface area contributed by atoms with Crippen LogP contribution in [0.2, 0.25) is 0 Å². The summed E-state index contributed by atoms with van der Waals surface area (Å²) in [5, 5.41) is 10.1. The minimum atomic E-state index is -0.265. The van der Waals surface area contributed by atoms with Gasteiger partial charge in [-0.1, -0.05) is 30.3 Å². The van der Waals surface area contributed by atoms with Gasteiger partial charge < -0.3 is 14.6 Å². The lowest BCUT2D eigenvalue weighted by Gasteiger charge is -2.12. The number of carbonyl (C=O) groups is 1. The highest BCUT2D eigenvalue weighted by Gasteiger charge is 2.19. The molecule has 0 unspecified atom stereocenters.